The molecule has 0 aliphatic heterocycles. The Kier molecular flexibility index (Phi) is 3.88. The van der Waals surface area contributed by atoms with E-state index in [9.17, 15) is 8.42 Å². The Balaban J connectivity index is 2.23. The molecule has 0 spiro atoms. The second kappa shape index (κ2) is 5.28. The van der Waals surface area contributed by atoms with Gasteiger partial charge in [-0.1, -0.05) is 6.07 Å². The maximum atomic E-state index is 11.3. The van der Waals surface area contributed by atoms with Crippen molar-refractivity contribution >= 4 is 27.0 Å². The molecule has 2 rings (SSSR count). The predicted octanol–water partition coefficient (Wildman–Crippen LogP) is 2.02. The van der Waals surface area contributed by atoms with Crippen molar-refractivity contribution in [1.29, 1.82) is 0 Å². The zero-order chi connectivity index (χ0) is 14.0. The van der Waals surface area contributed by atoms with E-state index in [0.29, 0.717) is 6.54 Å². The molecule has 1 aromatic carbocycles. The number of hydrogen-bond acceptors (Lipinski definition) is 5. The summed E-state index contributed by atoms with van der Waals surface area (Å²) in [6.45, 7) is 4.47. The molecule has 0 bridgehead atoms. The fourth-order valence-corrected chi connectivity index (χ4v) is 2.90. The van der Waals surface area contributed by atoms with Gasteiger partial charge in [0.1, 0.15) is 0 Å². The summed E-state index contributed by atoms with van der Waals surface area (Å²) >= 11 is 1.57. The highest BCUT2D eigenvalue weighted by atomic mass is 32.2. The first-order valence-corrected chi connectivity index (χ1v) is 8.07. The number of benzene rings is 1. The number of aromatic nitrogens is 1. The van der Waals surface area contributed by atoms with Crippen LogP contribution >= 0.6 is 11.3 Å². The lowest BCUT2D eigenvalue weighted by atomic mass is 10.2. The van der Waals surface area contributed by atoms with Crippen molar-refractivity contribution in [2.75, 3.05) is 5.32 Å². The van der Waals surface area contributed by atoms with Crippen molar-refractivity contribution < 1.29 is 8.42 Å². The molecule has 0 atom stereocenters. The highest BCUT2D eigenvalue weighted by Crippen LogP contribution is 2.21. The molecule has 1 aromatic heterocycles. The lowest BCUT2D eigenvalue weighted by Gasteiger charge is -2.10. The molecule has 2 aromatic rings. The van der Waals surface area contributed by atoms with Gasteiger partial charge in [-0.25, -0.2) is 18.5 Å². The van der Waals surface area contributed by atoms with Gasteiger partial charge in [-0.2, -0.15) is 0 Å². The molecule has 3 N–H and O–H groups in total. The van der Waals surface area contributed by atoms with Crippen LogP contribution < -0.4 is 10.5 Å². The number of rotatable bonds is 4. The van der Waals surface area contributed by atoms with Crippen LogP contribution in [-0.2, 0) is 16.6 Å². The standard InChI is InChI=1S/C12H15N3O2S2/c1-8-3-4-10(19(13,16)17)5-11(8)14-6-12-9(2)15-7-18-12/h3-5,7,14H,6H2,1-2H3,(H2,13,16,17). The average molecular weight is 297 g/mol. The van der Waals surface area contributed by atoms with Crippen LogP contribution in [0.5, 0.6) is 0 Å². The predicted molar refractivity (Wildman–Crippen MR) is 76.7 cm³/mol. The SMILES string of the molecule is Cc1ccc(S(N)(=O)=O)cc1NCc1scnc1C. The normalized spacial score (nSPS) is 11.5. The fourth-order valence-electron chi connectivity index (χ4n) is 1.64. The van der Waals surface area contributed by atoms with E-state index >= 15 is 0 Å². The molecule has 0 fully saturated rings. The van der Waals surface area contributed by atoms with E-state index in [1.54, 1.807) is 29.0 Å². The summed E-state index contributed by atoms with van der Waals surface area (Å²) < 4.78 is 22.7. The minimum Gasteiger partial charge on any atom is -0.380 e. The van der Waals surface area contributed by atoms with Crippen molar-refractivity contribution in [2.24, 2.45) is 5.14 Å². The molecule has 0 aliphatic carbocycles. The topological polar surface area (TPSA) is 85.1 Å². The van der Waals surface area contributed by atoms with Crippen LogP contribution in [0.2, 0.25) is 0 Å². The lowest BCUT2D eigenvalue weighted by Crippen LogP contribution is -2.13. The van der Waals surface area contributed by atoms with Crippen LogP contribution in [-0.4, -0.2) is 13.4 Å². The van der Waals surface area contributed by atoms with Crippen molar-refractivity contribution in [1.82, 2.24) is 4.98 Å². The molecular weight excluding hydrogens is 282 g/mol. The Morgan fingerprint density at radius 1 is 1.37 bits per heavy atom. The number of anilines is 1. The number of thiazole rings is 1. The van der Waals surface area contributed by atoms with Crippen molar-refractivity contribution in [3.8, 4) is 0 Å². The first kappa shape index (κ1) is 14.0. The van der Waals surface area contributed by atoms with E-state index in [0.717, 1.165) is 21.8 Å². The van der Waals surface area contributed by atoms with Crippen LogP contribution in [0.3, 0.4) is 0 Å². The maximum absolute atomic E-state index is 11.3. The van der Waals surface area contributed by atoms with Crippen LogP contribution in [0.15, 0.2) is 28.6 Å². The van der Waals surface area contributed by atoms with Gasteiger partial charge in [-0.15, -0.1) is 11.3 Å². The average Bonchev–Trinajstić information content (AvgIpc) is 2.72. The van der Waals surface area contributed by atoms with Crippen LogP contribution in [0.1, 0.15) is 16.1 Å². The van der Waals surface area contributed by atoms with E-state index in [-0.39, 0.29) is 4.90 Å². The molecule has 19 heavy (non-hydrogen) atoms. The Hall–Kier alpha value is -1.44. The second-order valence-corrected chi connectivity index (χ2v) is 6.74. The van der Waals surface area contributed by atoms with Crippen molar-refractivity contribution in [2.45, 2.75) is 25.3 Å². The molecule has 0 saturated heterocycles. The molecule has 0 unspecified atom stereocenters. The molecule has 5 nitrogen and oxygen atoms in total. The van der Waals surface area contributed by atoms with Gasteiger partial charge >= 0.3 is 0 Å². The van der Waals surface area contributed by atoms with Gasteiger partial charge in [0.2, 0.25) is 10.0 Å². The molecule has 0 radical (unpaired) electrons. The van der Waals surface area contributed by atoms with Crippen LogP contribution in [0, 0.1) is 13.8 Å². The van der Waals surface area contributed by atoms with E-state index < -0.39 is 10.0 Å². The van der Waals surface area contributed by atoms with Gasteiger partial charge in [0.25, 0.3) is 0 Å². The summed E-state index contributed by atoms with van der Waals surface area (Å²) in [5, 5.41) is 8.35. The van der Waals surface area contributed by atoms with E-state index in [4.69, 9.17) is 5.14 Å². The molecule has 0 saturated carbocycles. The minimum atomic E-state index is -3.67. The minimum absolute atomic E-state index is 0.113. The van der Waals surface area contributed by atoms with Gasteiger partial charge in [0.15, 0.2) is 0 Å². The van der Waals surface area contributed by atoms with Crippen molar-refractivity contribution in [3.05, 3.63) is 39.8 Å². The molecule has 0 aliphatic rings. The van der Waals surface area contributed by atoms with Gasteiger partial charge < -0.3 is 5.32 Å². The summed E-state index contributed by atoms with van der Waals surface area (Å²) in [6, 6.07) is 4.80. The first-order valence-electron chi connectivity index (χ1n) is 5.64. The highest BCUT2D eigenvalue weighted by Gasteiger charge is 2.10. The van der Waals surface area contributed by atoms with Crippen LogP contribution in [0.25, 0.3) is 0 Å². The van der Waals surface area contributed by atoms with Gasteiger partial charge in [-0.05, 0) is 31.5 Å². The summed E-state index contributed by atoms with van der Waals surface area (Å²) in [5.41, 5.74) is 4.51. The molecule has 1 heterocycles. The van der Waals surface area contributed by atoms with E-state index in [2.05, 4.69) is 10.3 Å². The molecule has 0 amide bonds. The summed E-state index contributed by atoms with van der Waals surface area (Å²) in [4.78, 5) is 5.41. The number of sulfonamides is 1. The van der Waals surface area contributed by atoms with Gasteiger partial charge in [0, 0.05) is 10.6 Å². The van der Waals surface area contributed by atoms with Crippen LogP contribution in [0.4, 0.5) is 5.69 Å². The zero-order valence-corrected chi connectivity index (χ0v) is 12.3. The van der Waals surface area contributed by atoms with E-state index in [1.807, 2.05) is 13.8 Å². The number of nitrogens with zero attached hydrogens (tertiary/aromatic N) is 1. The van der Waals surface area contributed by atoms with E-state index in [1.165, 1.54) is 6.07 Å². The number of nitrogens with two attached hydrogens (primary N) is 1. The zero-order valence-electron chi connectivity index (χ0n) is 10.7. The second-order valence-electron chi connectivity index (χ2n) is 4.24. The fraction of sp³-hybridized carbons (Fsp3) is 0.250. The third kappa shape index (κ3) is 3.31. The third-order valence-electron chi connectivity index (χ3n) is 2.82. The van der Waals surface area contributed by atoms with Gasteiger partial charge in [-0.3, -0.25) is 0 Å². The van der Waals surface area contributed by atoms with Crippen molar-refractivity contribution in [3.63, 3.8) is 0 Å². The third-order valence-corrected chi connectivity index (χ3v) is 4.67. The lowest BCUT2D eigenvalue weighted by molar-refractivity contribution is 0.598. The Morgan fingerprint density at radius 2 is 2.11 bits per heavy atom. The molecule has 7 heteroatoms. The maximum Gasteiger partial charge on any atom is 0.238 e. The largest absolute Gasteiger partial charge is 0.380 e. The summed E-state index contributed by atoms with van der Waals surface area (Å²) in [7, 11) is -3.67. The Bertz CT molecular complexity index is 693. The van der Waals surface area contributed by atoms with Gasteiger partial charge in [0.05, 0.1) is 22.6 Å². The highest BCUT2D eigenvalue weighted by molar-refractivity contribution is 7.89. The Labute approximate surface area is 116 Å². The molecular formula is C12H15N3O2S2. The smallest absolute Gasteiger partial charge is 0.238 e. The number of primary sulfonamides is 1. The first-order chi connectivity index (χ1) is 8.88. The number of aryl methyl sites for hydroxylation is 2. The number of hydrogen-bond donors (Lipinski definition) is 2. The summed E-state index contributed by atoms with van der Waals surface area (Å²) in [5.74, 6) is 0. The quantitative estimate of drug-likeness (QED) is 0.904. The monoisotopic (exact) mass is 297 g/mol. The number of nitrogens with one attached hydrogen (secondary N) is 1. The molecule has 102 valence electrons. The Morgan fingerprint density at radius 3 is 2.68 bits per heavy atom. The summed E-state index contributed by atoms with van der Waals surface area (Å²) in [6.07, 6.45) is 0.